The van der Waals surface area contributed by atoms with Crippen molar-refractivity contribution in [3.63, 3.8) is 0 Å². The fourth-order valence-electron chi connectivity index (χ4n) is 1.78. The van der Waals surface area contributed by atoms with Crippen LogP contribution < -0.4 is 35.3 Å². The average Bonchev–Trinajstić information content (AvgIpc) is 2.40. The Bertz CT molecular complexity index is 679. The molecule has 1 atom stereocenters. The van der Waals surface area contributed by atoms with Gasteiger partial charge in [-0.15, -0.1) is 0 Å². The predicted molar refractivity (Wildman–Crippen MR) is 77.2 cm³/mol. The smallest absolute Gasteiger partial charge is 0.744 e. The first kappa shape index (κ1) is 22.5. The maximum Gasteiger partial charge on any atom is 1.00 e. The van der Waals surface area contributed by atoms with Gasteiger partial charge in [-0.1, -0.05) is 11.6 Å². The predicted octanol–water partition coefficient (Wildman–Crippen LogP) is -2.09. The summed E-state index contributed by atoms with van der Waals surface area (Å²) in [7, 11) is -4.66. The van der Waals surface area contributed by atoms with Crippen LogP contribution in [0.5, 0.6) is 0 Å². The molecule has 0 radical (unpaired) electrons. The normalized spacial score (nSPS) is 12.2. The van der Waals surface area contributed by atoms with Crippen LogP contribution in [0.25, 0.3) is 0 Å². The second kappa shape index (κ2) is 9.73. The number of benzene rings is 1. The molecule has 0 fully saturated rings. The minimum Gasteiger partial charge on any atom is -0.744 e. The molecule has 1 aromatic rings. The van der Waals surface area contributed by atoms with Crippen LogP contribution in [0.1, 0.15) is 24.0 Å². The molecule has 0 spiro atoms. The van der Waals surface area contributed by atoms with E-state index in [1.807, 2.05) is 0 Å². The van der Waals surface area contributed by atoms with E-state index >= 15 is 0 Å². The van der Waals surface area contributed by atoms with Gasteiger partial charge in [-0.3, -0.25) is 15.3 Å². The Labute approximate surface area is 161 Å². The number of hydrogen-bond donors (Lipinski definition) is 1. The number of ether oxygens (including phenoxy) is 1. The monoisotopic (exact) mass is 371 g/mol. The van der Waals surface area contributed by atoms with Gasteiger partial charge in [-0.25, -0.2) is 8.42 Å². The molecule has 0 bridgehead atoms. The average molecular weight is 372 g/mol. The molecule has 0 heterocycles. The van der Waals surface area contributed by atoms with Crippen molar-refractivity contribution in [2.45, 2.75) is 37.3 Å². The summed E-state index contributed by atoms with van der Waals surface area (Å²) < 4.78 is 37.6. The SMILES string of the molecule is Cc1c(Cl)cc(S(=O)(=O)[O-])cc1CC(=O)CCC(N)OC=O.[Na+]. The van der Waals surface area contributed by atoms with Gasteiger partial charge >= 0.3 is 29.6 Å². The van der Waals surface area contributed by atoms with Crippen molar-refractivity contribution in [3.05, 3.63) is 28.3 Å². The molecular formula is C13H15ClNNaO6S. The molecule has 7 nitrogen and oxygen atoms in total. The molecule has 0 aliphatic heterocycles. The summed E-state index contributed by atoms with van der Waals surface area (Å²) in [5.74, 6) is -0.246. The van der Waals surface area contributed by atoms with Gasteiger partial charge in [0.1, 0.15) is 15.9 Å². The van der Waals surface area contributed by atoms with Crippen molar-refractivity contribution < 1.29 is 56.9 Å². The number of hydrogen-bond acceptors (Lipinski definition) is 7. The molecule has 2 N–H and O–H groups in total. The summed E-state index contributed by atoms with van der Waals surface area (Å²) >= 11 is 5.88. The molecule has 10 heteroatoms. The van der Waals surface area contributed by atoms with Crippen molar-refractivity contribution in [2.24, 2.45) is 5.73 Å². The van der Waals surface area contributed by atoms with Gasteiger partial charge in [0.2, 0.25) is 0 Å². The van der Waals surface area contributed by atoms with Gasteiger partial charge in [0.05, 0.1) is 4.90 Å². The Kier molecular flexibility index (Phi) is 9.53. The van der Waals surface area contributed by atoms with Crippen molar-refractivity contribution in [1.29, 1.82) is 0 Å². The largest absolute Gasteiger partial charge is 1.00 e. The zero-order valence-electron chi connectivity index (χ0n) is 12.7. The number of nitrogens with two attached hydrogens (primary N) is 1. The Hall–Kier alpha value is -0.480. The Morgan fingerprint density at radius 1 is 1.48 bits per heavy atom. The van der Waals surface area contributed by atoms with Gasteiger partial charge < -0.3 is 9.29 Å². The van der Waals surface area contributed by atoms with Gasteiger partial charge in [-0.05, 0) is 30.2 Å². The first-order valence-electron chi connectivity index (χ1n) is 6.26. The molecule has 0 saturated heterocycles. The van der Waals surface area contributed by atoms with Gasteiger partial charge in [0, 0.05) is 24.3 Å². The minimum absolute atomic E-state index is 0. The number of halogens is 1. The van der Waals surface area contributed by atoms with Crippen molar-refractivity contribution in [2.75, 3.05) is 0 Å². The summed E-state index contributed by atoms with van der Waals surface area (Å²) in [5.41, 5.74) is 6.30. The summed E-state index contributed by atoms with van der Waals surface area (Å²) in [6.07, 6.45) is -0.785. The third-order valence-electron chi connectivity index (χ3n) is 3.04. The molecule has 23 heavy (non-hydrogen) atoms. The fraction of sp³-hybridized carbons (Fsp3) is 0.385. The summed E-state index contributed by atoms with van der Waals surface area (Å²) in [6, 6.07) is 2.20. The van der Waals surface area contributed by atoms with Crippen molar-refractivity contribution >= 4 is 34.0 Å². The number of Topliss-reactive ketones (excluding diaryl/α,β-unsaturated/α-hetero) is 1. The van der Waals surface area contributed by atoms with Crippen molar-refractivity contribution in [1.82, 2.24) is 0 Å². The third kappa shape index (κ3) is 7.30. The molecule has 0 aliphatic carbocycles. The second-order valence-corrected chi connectivity index (χ2v) is 6.46. The maximum atomic E-state index is 11.9. The topological polar surface area (TPSA) is 127 Å². The molecule has 122 valence electrons. The fourth-order valence-corrected chi connectivity index (χ4v) is 2.63. The summed E-state index contributed by atoms with van der Waals surface area (Å²) in [6.45, 7) is 1.81. The van der Waals surface area contributed by atoms with Crippen LogP contribution in [0.2, 0.25) is 5.02 Å². The zero-order valence-corrected chi connectivity index (χ0v) is 16.3. The molecule has 0 aliphatic rings. The Morgan fingerprint density at radius 2 is 2.09 bits per heavy atom. The van der Waals surface area contributed by atoms with E-state index < -0.39 is 21.2 Å². The molecule has 1 unspecified atom stereocenters. The molecular weight excluding hydrogens is 357 g/mol. The number of rotatable bonds is 8. The third-order valence-corrected chi connectivity index (χ3v) is 4.25. The maximum absolute atomic E-state index is 11.9. The van der Waals surface area contributed by atoms with E-state index in [2.05, 4.69) is 4.74 Å². The zero-order chi connectivity index (χ0) is 16.9. The standard InChI is InChI=1S/C13H16ClNO6S.Na/c1-8-9(4-10(17)2-3-13(15)21-7-16)5-11(6-12(8)14)22(18,19)20;/h5-7,13H,2-4,15H2,1H3,(H,18,19,20);/q;+1/p-1. The van der Waals surface area contributed by atoms with E-state index in [0.717, 1.165) is 12.1 Å². The van der Waals surface area contributed by atoms with E-state index in [-0.39, 0.29) is 66.1 Å². The van der Waals surface area contributed by atoms with Gasteiger partial charge in [-0.2, -0.15) is 0 Å². The van der Waals surface area contributed by atoms with E-state index in [9.17, 15) is 22.6 Å². The minimum atomic E-state index is -4.66. The molecule has 1 aromatic carbocycles. The quantitative estimate of drug-likeness (QED) is 0.240. The molecule has 1 rings (SSSR count). The van der Waals surface area contributed by atoms with Crippen LogP contribution in [-0.4, -0.2) is 31.5 Å². The second-order valence-electron chi connectivity index (χ2n) is 4.67. The Balaban J connectivity index is 0.00000484. The first-order chi connectivity index (χ1) is 10.1. The summed E-state index contributed by atoms with van der Waals surface area (Å²) in [5, 5.41) is 0.0979. The van der Waals surface area contributed by atoms with Crippen LogP contribution in [-0.2, 0) is 30.9 Å². The number of carbonyl (C=O) groups excluding carboxylic acids is 2. The van der Waals surface area contributed by atoms with Crippen molar-refractivity contribution in [3.8, 4) is 0 Å². The van der Waals surface area contributed by atoms with Crippen LogP contribution in [0, 0.1) is 6.92 Å². The van der Waals surface area contributed by atoms with E-state index in [1.54, 1.807) is 6.92 Å². The van der Waals surface area contributed by atoms with E-state index in [1.165, 1.54) is 0 Å². The first-order valence-corrected chi connectivity index (χ1v) is 8.05. The van der Waals surface area contributed by atoms with Crippen LogP contribution >= 0.6 is 11.6 Å². The van der Waals surface area contributed by atoms with Crippen LogP contribution in [0.15, 0.2) is 17.0 Å². The molecule has 0 amide bonds. The van der Waals surface area contributed by atoms with Crippen LogP contribution in [0.3, 0.4) is 0 Å². The van der Waals surface area contributed by atoms with E-state index in [4.69, 9.17) is 17.3 Å². The Morgan fingerprint density at radius 3 is 2.61 bits per heavy atom. The number of ketones is 1. The summed E-state index contributed by atoms with van der Waals surface area (Å²) in [4.78, 5) is 21.5. The van der Waals surface area contributed by atoms with Gasteiger partial charge in [0.25, 0.3) is 6.47 Å². The molecule has 0 aromatic heterocycles. The van der Waals surface area contributed by atoms with E-state index in [0.29, 0.717) is 11.1 Å². The number of carbonyl (C=O) groups is 2. The van der Waals surface area contributed by atoms with Crippen LogP contribution in [0.4, 0.5) is 0 Å². The molecule has 0 saturated carbocycles. The van der Waals surface area contributed by atoms with Gasteiger partial charge in [0.15, 0.2) is 6.23 Å².